The topological polar surface area (TPSA) is 158 Å². The summed E-state index contributed by atoms with van der Waals surface area (Å²) in [7, 11) is 0. The molecule has 5 atom stereocenters. The van der Waals surface area contributed by atoms with Crippen molar-refractivity contribution in [2.24, 2.45) is 5.92 Å². The number of aromatic nitrogens is 1. The minimum Gasteiger partial charge on any atom is -0.361 e. The molecule has 0 spiro atoms. The predicted molar refractivity (Wildman–Crippen MR) is 175 cm³/mol. The van der Waals surface area contributed by atoms with E-state index >= 15 is 0 Å². The summed E-state index contributed by atoms with van der Waals surface area (Å²) >= 11 is 0. The number of nitrogens with one attached hydrogen (secondary N) is 3. The Bertz CT molecular complexity index is 1450. The molecule has 0 bridgehead atoms. The number of benzene rings is 1. The molecule has 47 heavy (non-hydrogen) atoms. The quantitative estimate of drug-likeness (QED) is 0.295. The van der Waals surface area contributed by atoms with Crippen LogP contribution in [0.3, 0.4) is 0 Å². The molecular weight excluding hydrogens is 602 g/mol. The molecule has 2 aliphatic rings. The van der Waals surface area contributed by atoms with Crippen molar-refractivity contribution in [2.45, 2.75) is 122 Å². The number of H-pyrrole nitrogens is 1. The molecule has 2 aliphatic heterocycles. The minimum atomic E-state index is -1.34. The van der Waals surface area contributed by atoms with E-state index in [0.717, 1.165) is 35.7 Å². The first-order valence-electron chi connectivity index (χ1n) is 17.0. The summed E-state index contributed by atoms with van der Waals surface area (Å²) in [5, 5.41) is 7.43. The number of nitrogens with zero attached hydrogens (tertiary/aromatic N) is 2. The van der Waals surface area contributed by atoms with Crippen LogP contribution in [0.2, 0.25) is 0 Å². The maximum absolute atomic E-state index is 14.4. The van der Waals surface area contributed by atoms with E-state index in [1.807, 2.05) is 45.0 Å². The highest BCUT2D eigenvalue weighted by molar-refractivity contribution is 5.98. The largest absolute Gasteiger partial charge is 0.361 e. The number of carbonyl (C=O) groups is 6. The molecule has 1 aromatic carbocycles. The Morgan fingerprint density at radius 3 is 2.47 bits per heavy atom. The van der Waals surface area contributed by atoms with Crippen molar-refractivity contribution in [2.75, 3.05) is 6.54 Å². The van der Waals surface area contributed by atoms with Gasteiger partial charge in [0.2, 0.25) is 17.7 Å². The van der Waals surface area contributed by atoms with E-state index in [1.165, 1.54) is 0 Å². The fourth-order valence-corrected chi connectivity index (χ4v) is 6.47. The molecule has 2 saturated heterocycles. The fourth-order valence-electron chi connectivity index (χ4n) is 6.47. The van der Waals surface area contributed by atoms with Crippen molar-refractivity contribution in [3.63, 3.8) is 0 Å². The van der Waals surface area contributed by atoms with Crippen molar-refractivity contribution >= 4 is 46.3 Å². The summed E-state index contributed by atoms with van der Waals surface area (Å²) in [5.74, 6) is -3.10. The van der Waals surface area contributed by atoms with Gasteiger partial charge in [0, 0.05) is 49.8 Å². The highest BCUT2D eigenvalue weighted by Gasteiger charge is 2.44. The molecule has 3 heterocycles. The number of hydrogen-bond donors (Lipinski definition) is 3. The van der Waals surface area contributed by atoms with Crippen LogP contribution in [-0.4, -0.2) is 81.0 Å². The fraction of sp³-hybridized carbons (Fsp3) is 0.600. The SMILES string of the molecule is CCC(=O)CCCCC[C@@H]1NC(=O)[C@H]2CCCCN2C(=O)[C@H](C(C)CC)NC(=O)[C@H](Cc2c[nH]c3ccccc23)N(OC(C)=O)C1=O. The summed E-state index contributed by atoms with van der Waals surface area (Å²) < 4.78 is 0. The van der Waals surface area contributed by atoms with Gasteiger partial charge in [-0.3, -0.25) is 28.8 Å². The number of carbonyl (C=O) groups excluding carboxylic acids is 6. The molecule has 2 fully saturated rings. The molecule has 4 amide bonds. The Morgan fingerprint density at radius 2 is 1.74 bits per heavy atom. The van der Waals surface area contributed by atoms with Crippen LogP contribution in [0.15, 0.2) is 30.5 Å². The van der Waals surface area contributed by atoms with Crippen LogP contribution in [0, 0.1) is 5.92 Å². The highest BCUT2D eigenvalue weighted by atomic mass is 16.7. The van der Waals surface area contributed by atoms with E-state index < -0.39 is 47.9 Å². The minimum absolute atomic E-state index is 0.0254. The molecule has 0 saturated carbocycles. The number of hydrogen-bond acceptors (Lipinski definition) is 7. The van der Waals surface area contributed by atoms with Gasteiger partial charge < -0.3 is 25.4 Å². The number of rotatable bonds is 12. The first kappa shape index (κ1) is 35.6. The van der Waals surface area contributed by atoms with Crippen LogP contribution >= 0.6 is 0 Å². The van der Waals surface area contributed by atoms with Crippen LogP contribution in [0.5, 0.6) is 0 Å². The van der Waals surface area contributed by atoms with Crippen molar-refractivity contribution < 1.29 is 33.6 Å². The lowest BCUT2D eigenvalue weighted by Crippen LogP contribution is -2.65. The number of hydroxylamine groups is 2. The first-order valence-corrected chi connectivity index (χ1v) is 17.0. The van der Waals surface area contributed by atoms with E-state index in [-0.39, 0.29) is 30.4 Å². The van der Waals surface area contributed by atoms with Gasteiger partial charge in [0.25, 0.3) is 5.91 Å². The van der Waals surface area contributed by atoms with Crippen LogP contribution in [-0.2, 0) is 40.0 Å². The first-order chi connectivity index (χ1) is 22.5. The van der Waals surface area contributed by atoms with Gasteiger partial charge in [-0.05, 0) is 49.7 Å². The lowest BCUT2D eigenvalue weighted by Gasteiger charge is -2.40. The Labute approximate surface area is 276 Å². The number of fused-ring (bicyclic) bond motifs is 2. The third-order valence-corrected chi connectivity index (χ3v) is 9.44. The zero-order chi connectivity index (χ0) is 34.1. The standard InChI is InChI=1S/C35H49N5O7/c1-5-22(3)31-35(46)39-19-13-12-18-29(39)32(43)37-28(17-9-7-8-14-25(42)6-2)34(45)40(47-23(4)41)30(33(44)38-31)20-24-21-36-27-16-11-10-15-26(24)27/h10-11,15-16,21-22,28-31,36H,5-9,12-14,17-20H2,1-4H3,(H,37,43)(H,38,44)/t22?,28-,29+,30-,31-/m0/s1. The molecular formula is C35H49N5O7. The van der Waals surface area contributed by atoms with Crippen molar-refractivity contribution in [3.8, 4) is 0 Å². The number of amides is 4. The van der Waals surface area contributed by atoms with Gasteiger partial charge in [0.05, 0.1) is 0 Å². The van der Waals surface area contributed by atoms with Gasteiger partial charge >= 0.3 is 5.97 Å². The third kappa shape index (κ3) is 8.78. The van der Waals surface area contributed by atoms with Crippen molar-refractivity contribution in [3.05, 3.63) is 36.0 Å². The number of ketones is 1. The second-order valence-electron chi connectivity index (χ2n) is 12.8. The Kier molecular flexibility index (Phi) is 12.6. The van der Waals surface area contributed by atoms with Crippen molar-refractivity contribution in [1.29, 1.82) is 0 Å². The van der Waals surface area contributed by atoms with E-state index in [2.05, 4.69) is 15.6 Å². The highest BCUT2D eigenvalue weighted by Crippen LogP contribution is 2.25. The third-order valence-electron chi connectivity index (χ3n) is 9.44. The van der Waals surface area contributed by atoms with E-state index in [1.54, 1.807) is 11.1 Å². The van der Waals surface area contributed by atoms with Crippen LogP contribution < -0.4 is 10.6 Å². The number of aromatic amines is 1. The van der Waals surface area contributed by atoms with Gasteiger partial charge in [0.1, 0.15) is 23.9 Å². The molecule has 2 aromatic rings. The lowest BCUT2D eigenvalue weighted by molar-refractivity contribution is -0.208. The molecule has 3 N–H and O–H groups in total. The normalized spacial score (nSPS) is 23.3. The van der Waals surface area contributed by atoms with Gasteiger partial charge in [0.15, 0.2) is 6.04 Å². The number of piperidine rings is 1. The van der Waals surface area contributed by atoms with Gasteiger partial charge in [-0.25, -0.2) is 0 Å². The van der Waals surface area contributed by atoms with Gasteiger partial charge in [-0.2, -0.15) is 5.06 Å². The molecule has 4 rings (SSSR count). The molecule has 0 radical (unpaired) electrons. The molecule has 12 heteroatoms. The number of para-hydroxylation sites is 1. The molecule has 12 nitrogen and oxygen atoms in total. The summed E-state index contributed by atoms with van der Waals surface area (Å²) in [6.07, 6.45) is 7.06. The van der Waals surface area contributed by atoms with E-state index in [0.29, 0.717) is 57.1 Å². The Balaban J connectivity index is 1.76. The van der Waals surface area contributed by atoms with Gasteiger partial charge in [-0.15, -0.1) is 0 Å². The molecule has 256 valence electrons. The molecule has 0 aliphatic carbocycles. The van der Waals surface area contributed by atoms with Crippen LogP contribution in [0.1, 0.15) is 97.5 Å². The molecule has 1 aromatic heterocycles. The number of unbranched alkanes of at least 4 members (excludes halogenated alkanes) is 2. The van der Waals surface area contributed by atoms with Gasteiger partial charge in [-0.1, -0.05) is 58.2 Å². The zero-order valence-electron chi connectivity index (χ0n) is 28.0. The maximum atomic E-state index is 14.4. The van der Waals surface area contributed by atoms with Crippen molar-refractivity contribution in [1.82, 2.24) is 25.6 Å². The second kappa shape index (κ2) is 16.6. The molecule has 1 unspecified atom stereocenters. The Morgan fingerprint density at radius 1 is 0.979 bits per heavy atom. The summed E-state index contributed by atoms with van der Waals surface area (Å²) in [5.41, 5.74) is 1.54. The smallest absolute Gasteiger partial charge is 0.329 e. The summed E-state index contributed by atoms with van der Waals surface area (Å²) in [6, 6.07) is 3.28. The zero-order valence-corrected chi connectivity index (χ0v) is 28.0. The summed E-state index contributed by atoms with van der Waals surface area (Å²) in [6.45, 7) is 7.11. The second-order valence-corrected chi connectivity index (χ2v) is 12.8. The number of Topliss-reactive ketones (excluding diaryl/α,β-unsaturated/α-hetero) is 1. The average molecular weight is 652 g/mol. The van der Waals surface area contributed by atoms with Crippen LogP contribution in [0.4, 0.5) is 0 Å². The lowest BCUT2D eigenvalue weighted by atomic mass is 9.93. The Hall–Kier alpha value is -4.22. The summed E-state index contributed by atoms with van der Waals surface area (Å²) in [4.78, 5) is 91.3. The van der Waals surface area contributed by atoms with E-state index in [9.17, 15) is 28.8 Å². The van der Waals surface area contributed by atoms with E-state index in [4.69, 9.17) is 4.84 Å². The average Bonchev–Trinajstić information content (AvgIpc) is 3.48. The monoisotopic (exact) mass is 651 g/mol. The maximum Gasteiger partial charge on any atom is 0.329 e. The van der Waals surface area contributed by atoms with Crippen LogP contribution in [0.25, 0.3) is 10.9 Å². The predicted octanol–water partition coefficient (Wildman–Crippen LogP) is 3.73.